The van der Waals surface area contributed by atoms with E-state index in [2.05, 4.69) is 27.6 Å². The number of hydrazine groups is 1. The number of nitrogens with zero attached hydrogens (tertiary/aromatic N) is 1. The fourth-order valence-electron chi connectivity index (χ4n) is 1.63. The number of ether oxygens (including phenoxy) is 1. The molecule has 0 aliphatic carbocycles. The number of carbonyl (C=O) groups is 1. The van der Waals surface area contributed by atoms with E-state index in [9.17, 15) is 4.79 Å². The van der Waals surface area contributed by atoms with Gasteiger partial charge in [0.25, 0.3) is 5.91 Å². The number of aromatic nitrogens is 1. The van der Waals surface area contributed by atoms with Crippen LogP contribution in [-0.2, 0) is 4.79 Å². The summed E-state index contributed by atoms with van der Waals surface area (Å²) < 4.78 is 6.37. The molecule has 0 spiro atoms. The van der Waals surface area contributed by atoms with E-state index in [1.54, 1.807) is 25.1 Å². The number of nitrogens with two attached hydrogens (primary N) is 1. The van der Waals surface area contributed by atoms with Gasteiger partial charge in [-0.1, -0.05) is 23.2 Å². The molecule has 1 aromatic heterocycles. The highest BCUT2D eigenvalue weighted by Gasteiger charge is 2.19. The molecule has 1 unspecified atom stereocenters. The highest BCUT2D eigenvalue weighted by Crippen LogP contribution is 2.36. The summed E-state index contributed by atoms with van der Waals surface area (Å²) in [6, 6.07) is 5.13. The molecule has 1 amide bonds. The Hall–Kier alpha value is -0.830. The first kappa shape index (κ1) is 15.6. The van der Waals surface area contributed by atoms with Gasteiger partial charge in [-0.3, -0.25) is 10.2 Å². The molecule has 1 heterocycles. The SMILES string of the molecule is CC(Oc1c(I)cc(Cl)c2ccc(Cl)nc12)C(=O)NN. The van der Waals surface area contributed by atoms with Crippen LogP contribution >= 0.6 is 45.8 Å². The highest BCUT2D eigenvalue weighted by molar-refractivity contribution is 14.1. The minimum Gasteiger partial charge on any atom is -0.477 e. The fourth-order valence-corrected chi connectivity index (χ4v) is 2.92. The Labute approximate surface area is 138 Å². The minimum absolute atomic E-state index is 0.316. The van der Waals surface area contributed by atoms with E-state index >= 15 is 0 Å². The largest absolute Gasteiger partial charge is 0.477 e. The van der Waals surface area contributed by atoms with Crippen molar-refractivity contribution >= 4 is 62.6 Å². The third-order valence-electron chi connectivity index (χ3n) is 2.61. The zero-order valence-corrected chi connectivity index (χ0v) is 14.0. The van der Waals surface area contributed by atoms with Crippen LogP contribution < -0.4 is 16.0 Å². The average Bonchev–Trinajstić information content (AvgIpc) is 2.41. The van der Waals surface area contributed by atoms with Gasteiger partial charge in [0.2, 0.25) is 0 Å². The number of benzene rings is 1. The van der Waals surface area contributed by atoms with Crippen LogP contribution in [-0.4, -0.2) is 17.0 Å². The van der Waals surface area contributed by atoms with Crippen molar-refractivity contribution < 1.29 is 9.53 Å². The molecule has 20 heavy (non-hydrogen) atoms. The van der Waals surface area contributed by atoms with Gasteiger partial charge in [-0.25, -0.2) is 10.8 Å². The summed E-state index contributed by atoms with van der Waals surface area (Å²) in [5, 5.41) is 1.56. The van der Waals surface area contributed by atoms with Crippen molar-refractivity contribution in [1.29, 1.82) is 0 Å². The molecule has 0 aliphatic heterocycles. The minimum atomic E-state index is -0.765. The van der Waals surface area contributed by atoms with Crippen molar-refractivity contribution in [2.45, 2.75) is 13.0 Å². The van der Waals surface area contributed by atoms with E-state index in [0.29, 0.717) is 26.8 Å². The van der Waals surface area contributed by atoms with Crippen molar-refractivity contribution in [3.63, 3.8) is 0 Å². The summed E-state index contributed by atoms with van der Waals surface area (Å²) >= 11 is 14.1. The molecule has 106 valence electrons. The number of hydrogen-bond donors (Lipinski definition) is 2. The fraction of sp³-hybridized carbons (Fsp3) is 0.167. The van der Waals surface area contributed by atoms with Gasteiger partial charge in [0.1, 0.15) is 10.7 Å². The molecule has 0 radical (unpaired) electrons. The lowest BCUT2D eigenvalue weighted by atomic mass is 10.2. The Balaban J connectivity index is 2.57. The molecule has 1 atom stereocenters. The highest BCUT2D eigenvalue weighted by atomic mass is 127. The summed E-state index contributed by atoms with van der Waals surface area (Å²) in [5.74, 6) is 5.10. The Kier molecular flexibility index (Phi) is 4.90. The van der Waals surface area contributed by atoms with Crippen molar-refractivity contribution in [3.8, 4) is 5.75 Å². The van der Waals surface area contributed by atoms with Gasteiger partial charge < -0.3 is 4.74 Å². The van der Waals surface area contributed by atoms with Crippen molar-refractivity contribution in [2.75, 3.05) is 0 Å². The molecule has 0 saturated carbocycles. The number of carbonyl (C=O) groups excluding carboxylic acids is 1. The maximum absolute atomic E-state index is 11.5. The molecule has 3 N–H and O–H groups in total. The van der Waals surface area contributed by atoms with Gasteiger partial charge in [-0.2, -0.15) is 0 Å². The molecule has 0 saturated heterocycles. The smallest absolute Gasteiger partial charge is 0.274 e. The molecule has 5 nitrogen and oxygen atoms in total. The molecule has 0 aliphatic rings. The summed E-state index contributed by atoms with van der Waals surface area (Å²) in [4.78, 5) is 15.7. The standard InChI is InChI=1S/C12H10Cl2IN3O2/c1-5(12(19)18-16)20-11-8(15)4-7(13)6-2-3-9(14)17-10(6)11/h2-5H,16H2,1H3,(H,18,19). The second-order valence-corrected chi connectivity index (χ2v) is 5.92. The number of nitrogens with one attached hydrogen (secondary N) is 1. The molecular weight excluding hydrogens is 416 g/mol. The predicted octanol–water partition coefficient (Wildman–Crippen LogP) is 2.90. The van der Waals surface area contributed by atoms with Gasteiger partial charge in [-0.15, -0.1) is 0 Å². The zero-order chi connectivity index (χ0) is 14.9. The number of pyridine rings is 1. The second-order valence-electron chi connectivity index (χ2n) is 3.97. The van der Waals surface area contributed by atoms with Crippen LogP contribution in [0.25, 0.3) is 10.9 Å². The van der Waals surface area contributed by atoms with Gasteiger partial charge in [0.15, 0.2) is 11.9 Å². The number of halogens is 3. The van der Waals surface area contributed by atoms with E-state index in [1.807, 2.05) is 5.43 Å². The molecule has 1 aromatic carbocycles. The van der Waals surface area contributed by atoms with Crippen LogP contribution in [0.15, 0.2) is 18.2 Å². The average molecular weight is 426 g/mol. The van der Waals surface area contributed by atoms with Crippen LogP contribution in [0, 0.1) is 3.57 Å². The topological polar surface area (TPSA) is 77.2 Å². The lowest BCUT2D eigenvalue weighted by molar-refractivity contribution is -0.127. The number of amides is 1. The van der Waals surface area contributed by atoms with E-state index in [-0.39, 0.29) is 0 Å². The van der Waals surface area contributed by atoms with Crippen LogP contribution in [0.4, 0.5) is 0 Å². The third-order valence-corrected chi connectivity index (χ3v) is 3.93. The Morgan fingerprint density at radius 2 is 2.20 bits per heavy atom. The first-order valence-electron chi connectivity index (χ1n) is 5.55. The van der Waals surface area contributed by atoms with Crippen molar-refractivity contribution in [2.24, 2.45) is 5.84 Å². The maximum Gasteiger partial charge on any atom is 0.274 e. The monoisotopic (exact) mass is 425 g/mol. The Morgan fingerprint density at radius 1 is 1.50 bits per heavy atom. The lowest BCUT2D eigenvalue weighted by Gasteiger charge is -2.16. The number of rotatable bonds is 3. The lowest BCUT2D eigenvalue weighted by Crippen LogP contribution is -2.40. The van der Waals surface area contributed by atoms with Crippen LogP contribution in [0.1, 0.15) is 6.92 Å². The first-order valence-corrected chi connectivity index (χ1v) is 7.39. The quantitative estimate of drug-likeness (QED) is 0.260. The van der Waals surface area contributed by atoms with Crippen molar-refractivity contribution in [1.82, 2.24) is 10.4 Å². The van der Waals surface area contributed by atoms with Crippen LogP contribution in [0.2, 0.25) is 10.2 Å². The van der Waals surface area contributed by atoms with Crippen molar-refractivity contribution in [3.05, 3.63) is 31.9 Å². The third kappa shape index (κ3) is 3.08. The van der Waals surface area contributed by atoms with E-state index < -0.39 is 12.0 Å². The maximum atomic E-state index is 11.5. The molecule has 0 bridgehead atoms. The molecule has 0 fully saturated rings. The Bertz CT molecular complexity index is 681. The van der Waals surface area contributed by atoms with Gasteiger partial charge in [-0.05, 0) is 47.7 Å². The molecule has 2 rings (SSSR count). The molecule has 2 aromatic rings. The zero-order valence-electron chi connectivity index (χ0n) is 10.3. The van der Waals surface area contributed by atoms with Gasteiger partial charge >= 0.3 is 0 Å². The summed E-state index contributed by atoms with van der Waals surface area (Å²) in [5.41, 5.74) is 2.54. The Morgan fingerprint density at radius 3 is 2.85 bits per heavy atom. The first-order chi connectivity index (χ1) is 9.43. The normalized spacial score (nSPS) is 12.2. The second kappa shape index (κ2) is 6.30. The number of hydrogen-bond acceptors (Lipinski definition) is 4. The summed E-state index contributed by atoms with van der Waals surface area (Å²) in [6.07, 6.45) is -0.765. The summed E-state index contributed by atoms with van der Waals surface area (Å²) in [7, 11) is 0. The predicted molar refractivity (Wildman–Crippen MR) is 86.9 cm³/mol. The van der Waals surface area contributed by atoms with Gasteiger partial charge in [0, 0.05) is 5.39 Å². The number of fused-ring (bicyclic) bond motifs is 1. The molecular formula is C12H10Cl2IN3O2. The molecule has 8 heteroatoms. The van der Waals surface area contributed by atoms with Crippen LogP contribution in [0.5, 0.6) is 5.75 Å². The van der Waals surface area contributed by atoms with E-state index in [4.69, 9.17) is 33.8 Å². The van der Waals surface area contributed by atoms with E-state index in [1.165, 1.54) is 0 Å². The van der Waals surface area contributed by atoms with Gasteiger partial charge in [0.05, 0.1) is 8.59 Å². The van der Waals surface area contributed by atoms with E-state index in [0.717, 1.165) is 3.57 Å². The van der Waals surface area contributed by atoms with Crippen LogP contribution in [0.3, 0.4) is 0 Å². The summed E-state index contributed by atoms with van der Waals surface area (Å²) in [6.45, 7) is 1.59.